The quantitative estimate of drug-likeness (QED) is 0.285. The van der Waals surface area contributed by atoms with Crippen LogP contribution in [0.3, 0.4) is 0 Å². The highest BCUT2D eigenvalue weighted by Gasteiger charge is 2.41. The highest BCUT2D eigenvalue weighted by molar-refractivity contribution is 6.05. The maximum Gasteiger partial charge on any atom is 0.255 e. The van der Waals surface area contributed by atoms with Gasteiger partial charge in [0.2, 0.25) is 11.8 Å². The Morgan fingerprint density at radius 1 is 0.898 bits per heavy atom. The van der Waals surface area contributed by atoms with Gasteiger partial charge in [0, 0.05) is 69.4 Å². The van der Waals surface area contributed by atoms with Crippen molar-refractivity contribution in [2.45, 2.75) is 69.7 Å². The number of imide groups is 1. The van der Waals surface area contributed by atoms with Gasteiger partial charge in [-0.05, 0) is 97.0 Å². The lowest BCUT2D eigenvalue weighted by Crippen LogP contribution is -2.52. The molecule has 4 aromatic rings. The fraction of sp³-hybridized carbons (Fsp3) is 0.436. The summed E-state index contributed by atoms with van der Waals surface area (Å²) in [7, 11) is 1.99. The Kier molecular flexibility index (Phi) is 8.24. The van der Waals surface area contributed by atoms with Crippen molar-refractivity contribution in [2.75, 3.05) is 31.1 Å². The topological polar surface area (TPSA) is 111 Å². The van der Waals surface area contributed by atoms with Gasteiger partial charge in [0.1, 0.15) is 6.04 Å². The van der Waals surface area contributed by atoms with E-state index in [9.17, 15) is 19.5 Å². The number of hydrogen-bond acceptors (Lipinski definition) is 7. The fourth-order valence-electron chi connectivity index (χ4n) is 8.37. The zero-order chi connectivity index (χ0) is 33.7. The van der Waals surface area contributed by atoms with Gasteiger partial charge in [-0.15, -0.1) is 0 Å². The molecule has 10 heteroatoms. The number of likely N-dealkylation sites (tertiary alicyclic amines) is 1. The van der Waals surface area contributed by atoms with Gasteiger partial charge in [0.15, 0.2) is 0 Å². The smallest absolute Gasteiger partial charge is 0.255 e. The number of amides is 3. The molecule has 4 aliphatic heterocycles. The van der Waals surface area contributed by atoms with Crippen LogP contribution in [0.5, 0.6) is 0 Å². The molecule has 4 aliphatic rings. The number of anilines is 1. The summed E-state index contributed by atoms with van der Waals surface area (Å²) in [6, 6.07) is 20.7. The third-order valence-corrected chi connectivity index (χ3v) is 11.4. The number of aryl methyl sites for hydroxylation is 1. The van der Waals surface area contributed by atoms with E-state index in [0.717, 1.165) is 50.3 Å². The minimum Gasteiger partial charge on any atom is -0.385 e. The fourth-order valence-corrected chi connectivity index (χ4v) is 8.37. The first-order valence-electron chi connectivity index (χ1n) is 17.7. The van der Waals surface area contributed by atoms with Crippen LogP contribution in [0.2, 0.25) is 0 Å². The molecular formula is C39H44N6O4. The molecule has 0 aliphatic carbocycles. The molecule has 8 rings (SSSR count). The van der Waals surface area contributed by atoms with Gasteiger partial charge in [0.25, 0.3) is 5.91 Å². The van der Waals surface area contributed by atoms with Gasteiger partial charge < -0.3 is 14.9 Å². The SMILES string of the molecule is Cn1ncc2cc(CC3CCN(c4ccc(CN5CCC(O)(c6ccc7c(c6)CN(C6CCC(=O)NC6=O)C7=O)CC5)cc4)CC3)ccc21. The lowest BCUT2D eigenvalue weighted by molar-refractivity contribution is -0.136. The van der Waals surface area contributed by atoms with E-state index in [1.54, 1.807) is 11.0 Å². The zero-order valence-electron chi connectivity index (χ0n) is 28.1. The molecule has 3 saturated heterocycles. The predicted octanol–water partition coefficient (Wildman–Crippen LogP) is 4.28. The maximum absolute atomic E-state index is 13.1. The number of benzene rings is 3. The average Bonchev–Trinajstić information content (AvgIpc) is 3.64. The molecular weight excluding hydrogens is 616 g/mol. The van der Waals surface area contributed by atoms with Crippen LogP contribution in [0.1, 0.15) is 71.1 Å². The second kappa shape index (κ2) is 12.7. The first-order chi connectivity index (χ1) is 23.7. The van der Waals surface area contributed by atoms with E-state index in [1.165, 1.54) is 40.6 Å². The van der Waals surface area contributed by atoms with Crippen molar-refractivity contribution in [1.29, 1.82) is 0 Å². The van der Waals surface area contributed by atoms with Gasteiger partial charge in [-0.2, -0.15) is 5.10 Å². The summed E-state index contributed by atoms with van der Waals surface area (Å²) >= 11 is 0. The third kappa shape index (κ3) is 6.24. The second-order valence-corrected chi connectivity index (χ2v) is 14.5. The summed E-state index contributed by atoms with van der Waals surface area (Å²) in [6.45, 7) is 4.87. The lowest BCUT2D eigenvalue weighted by Gasteiger charge is -2.39. The Hall–Kier alpha value is -4.54. The molecule has 0 saturated carbocycles. The molecule has 3 fully saturated rings. The Bertz CT molecular complexity index is 1900. The van der Waals surface area contributed by atoms with E-state index >= 15 is 0 Å². The normalized spacial score (nSPS) is 21.8. The molecule has 0 radical (unpaired) electrons. The maximum atomic E-state index is 13.1. The Labute approximate surface area is 286 Å². The van der Waals surface area contributed by atoms with Crippen molar-refractivity contribution >= 4 is 34.3 Å². The summed E-state index contributed by atoms with van der Waals surface area (Å²) in [6.07, 6.45) is 7.26. The van der Waals surface area contributed by atoms with E-state index in [-0.39, 0.29) is 18.2 Å². The van der Waals surface area contributed by atoms with Crippen molar-refractivity contribution in [2.24, 2.45) is 13.0 Å². The summed E-state index contributed by atoms with van der Waals surface area (Å²) < 4.78 is 1.93. The summed E-state index contributed by atoms with van der Waals surface area (Å²) in [5.74, 6) is -0.195. The number of aliphatic hydroxyl groups is 1. The Morgan fingerprint density at radius 2 is 1.65 bits per heavy atom. The van der Waals surface area contributed by atoms with Crippen LogP contribution < -0.4 is 10.2 Å². The third-order valence-electron chi connectivity index (χ3n) is 11.4. The number of rotatable bonds is 7. The number of fused-ring (bicyclic) bond motifs is 2. The molecule has 5 heterocycles. The monoisotopic (exact) mass is 660 g/mol. The highest BCUT2D eigenvalue weighted by Crippen LogP contribution is 2.37. The summed E-state index contributed by atoms with van der Waals surface area (Å²) in [5, 5.41) is 19.7. The molecule has 0 spiro atoms. The largest absolute Gasteiger partial charge is 0.385 e. The van der Waals surface area contributed by atoms with Crippen molar-refractivity contribution in [3.63, 3.8) is 0 Å². The Morgan fingerprint density at radius 3 is 2.41 bits per heavy atom. The number of nitrogens with one attached hydrogen (secondary N) is 1. The summed E-state index contributed by atoms with van der Waals surface area (Å²) in [4.78, 5) is 43.6. The molecule has 3 amide bonds. The lowest BCUT2D eigenvalue weighted by atomic mass is 9.83. The zero-order valence-corrected chi connectivity index (χ0v) is 28.1. The van der Waals surface area contributed by atoms with E-state index < -0.39 is 17.6 Å². The molecule has 1 unspecified atom stereocenters. The Balaban J connectivity index is 0.823. The van der Waals surface area contributed by atoms with Gasteiger partial charge in [-0.1, -0.05) is 30.3 Å². The molecule has 1 aromatic heterocycles. The molecule has 49 heavy (non-hydrogen) atoms. The molecule has 254 valence electrons. The van der Waals surface area contributed by atoms with Crippen molar-refractivity contribution in [3.8, 4) is 0 Å². The van der Waals surface area contributed by atoms with Crippen LogP contribution in [0.4, 0.5) is 5.69 Å². The number of aromatic nitrogens is 2. The first kappa shape index (κ1) is 31.7. The molecule has 3 aromatic carbocycles. The van der Waals surface area contributed by atoms with Gasteiger partial charge in [0.05, 0.1) is 17.3 Å². The average molecular weight is 661 g/mol. The van der Waals surface area contributed by atoms with Crippen LogP contribution >= 0.6 is 0 Å². The van der Waals surface area contributed by atoms with Crippen molar-refractivity contribution in [1.82, 2.24) is 24.9 Å². The van der Waals surface area contributed by atoms with Crippen molar-refractivity contribution < 1.29 is 19.5 Å². The standard InChI is InChI=1S/C39H44N6O4/c1-42-34-9-4-28(21-29(34)23-40-42)20-26-12-16-44(17-13-26)32-6-2-27(3-7-32)24-43-18-14-39(49,15-19-43)31-5-8-33-30(22-31)25-45(38(33)48)35-10-11-36(46)41-37(35)47/h2-9,21-23,26,35,49H,10-20,24-25H2,1H3,(H,41,46,47). The van der Waals surface area contributed by atoms with E-state index in [2.05, 4.69) is 62.7 Å². The van der Waals surface area contributed by atoms with E-state index in [0.29, 0.717) is 37.3 Å². The minimum absolute atomic E-state index is 0.191. The number of hydrogen-bond donors (Lipinski definition) is 2. The number of piperidine rings is 3. The minimum atomic E-state index is -0.960. The van der Waals surface area contributed by atoms with Gasteiger partial charge in [-0.3, -0.25) is 29.3 Å². The number of carbonyl (C=O) groups excluding carboxylic acids is 3. The summed E-state index contributed by atoms with van der Waals surface area (Å²) in [5.41, 5.74) is 6.42. The van der Waals surface area contributed by atoms with Gasteiger partial charge in [-0.25, -0.2) is 0 Å². The van der Waals surface area contributed by atoms with Crippen LogP contribution in [0, 0.1) is 5.92 Å². The van der Waals surface area contributed by atoms with E-state index in [4.69, 9.17) is 0 Å². The molecule has 0 bridgehead atoms. The second-order valence-electron chi connectivity index (χ2n) is 14.5. The first-order valence-corrected chi connectivity index (χ1v) is 17.7. The van der Waals surface area contributed by atoms with Crippen LogP contribution in [0.25, 0.3) is 10.9 Å². The van der Waals surface area contributed by atoms with Gasteiger partial charge >= 0.3 is 0 Å². The van der Waals surface area contributed by atoms with Crippen LogP contribution in [-0.4, -0.2) is 74.6 Å². The molecule has 10 nitrogen and oxygen atoms in total. The van der Waals surface area contributed by atoms with Crippen LogP contribution in [0.15, 0.2) is 66.9 Å². The predicted molar refractivity (Wildman–Crippen MR) is 187 cm³/mol. The molecule has 1 atom stereocenters. The number of nitrogens with zero attached hydrogens (tertiary/aromatic N) is 5. The number of carbonyl (C=O) groups is 3. The highest BCUT2D eigenvalue weighted by atomic mass is 16.3. The molecule has 2 N–H and O–H groups in total. The van der Waals surface area contributed by atoms with E-state index in [1.807, 2.05) is 30.1 Å². The van der Waals surface area contributed by atoms with Crippen LogP contribution in [-0.2, 0) is 41.7 Å². The van der Waals surface area contributed by atoms with Crippen molar-refractivity contribution in [3.05, 3.63) is 94.7 Å².